The second-order valence-electron chi connectivity index (χ2n) is 6.92. The molecule has 26 heavy (non-hydrogen) atoms. The SMILES string of the molecule is CCC(C)c1ccc(-c2c(C)sc(NC(=O)C3CC3)c2C(=O)OC)cc1. The molecule has 4 nitrogen and oxygen atoms in total. The highest BCUT2D eigenvalue weighted by Gasteiger charge is 2.32. The quantitative estimate of drug-likeness (QED) is 0.694. The zero-order valence-electron chi connectivity index (χ0n) is 15.7. The van der Waals surface area contributed by atoms with E-state index in [0.29, 0.717) is 16.5 Å². The Bertz CT molecular complexity index is 819. The van der Waals surface area contributed by atoms with E-state index < -0.39 is 5.97 Å². The normalized spacial score (nSPS) is 14.8. The molecule has 1 unspecified atom stereocenters. The zero-order valence-corrected chi connectivity index (χ0v) is 16.5. The Morgan fingerprint density at radius 1 is 1.27 bits per heavy atom. The predicted octanol–water partition coefficient (Wildman–Crippen LogP) is 5.37. The molecule has 1 saturated carbocycles. The van der Waals surface area contributed by atoms with Crippen LogP contribution in [-0.4, -0.2) is 19.0 Å². The van der Waals surface area contributed by atoms with Crippen molar-refractivity contribution in [2.24, 2.45) is 5.92 Å². The molecule has 0 aliphatic heterocycles. The minimum atomic E-state index is -0.415. The van der Waals surface area contributed by atoms with E-state index in [0.717, 1.165) is 35.3 Å². The Labute approximate surface area is 158 Å². The maximum absolute atomic E-state index is 12.5. The molecule has 2 aromatic rings. The minimum absolute atomic E-state index is 0.00456. The van der Waals surface area contributed by atoms with E-state index in [4.69, 9.17) is 4.74 Å². The molecule has 1 aliphatic rings. The van der Waals surface area contributed by atoms with Gasteiger partial charge in [0.2, 0.25) is 5.91 Å². The number of esters is 1. The van der Waals surface area contributed by atoms with Crippen molar-refractivity contribution in [1.29, 1.82) is 0 Å². The number of benzene rings is 1. The summed E-state index contributed by atoms with van der Waals surface area (Å²) >= 11 is 1.44. The fourth-order valence-corrected chi connectivity index (χ4v) is 4.12. The summed E-state index contributed by atoms with van der Waals surface area (Å²) in [6, 6.07) is 8.33. The number of carbonyl (C=O) groups is 2. The van der Waals surface area contributed by atoms with Gasteiger partial charge >= 0.3 is 5.97 Å². The summed E-state index contributed by atoms with van der Waals surface area (Å²) in [6.07, 6.45) is 2.93. The van der Waals surface area contributed by atoms with Crippen LogP contribution in [0.5, 0.6) is 0 Å². The molecule has 1 aromatic carbocycles. The van der Waals surface area contributed by atoms with E-state index in [1.54, 1.807) is 0 Å². The van der Waals surface area contributed by atoms with Gasteiger partial charge in [-0.1, -0.05) is 38.1 Å². The Morgan fingerprint density at radius 3 is 2.46 bits per heavy atom. The number of nitrogens with one attached hydrogen (secondary N) is 1. The lowest BCUT2D eigenvalue weighted by Crippen LogP contribution is -2.15. The van der Waals surface area contributed by atoms with Crippen LogP contribution in [0.4, 0.5) is 5.00 Å². The Kier molecular flexibility index (Phi) is 5.47. The predicted molar refractivity (Wildman–Crippen MR) is 106 cm³/mol. The molecule has 0 radical (unpaired) electrons. The maximum atomic E-state index is 12.5. The van der Waals surface area contributed by atoms with Crippen molar-refractivity contribution in [3.63, 3.8) is 0 Å². The van der Waals surface area contributed by atoms with Crippen LogP contribution < -0.4 is 5.32 Å². The van der Waals surface area contributed by atoms with Crippen LogP contribution in [0, 0.1) is 12.8 Å². The number of amides is 1. The highest BCUT2D eigenvalue weighted by molar-refractivity contribution is 7.17. The molecule has 1 amide bonds. The highest BCUT2D eigenvalue weighted by Crippen LogP contribution is 2.41. The second-order valence-corrected chi connectivity index (χ2v) is 8.15. The fraction of sp³-hybridized carbons (Fsp3) is 0.429. The summed E-state index contributed by atoms with van der Waals surface area (Å²) in [5.41, 5.74) is 3.56. The van der Waals surface area contributed by atoms with Gasteiger partial charge in [-0.05, 0) is 43.2 Å². The molecule has 0 spiro atoms. The molecule has 0 bridgehead atoms. The van der Waals surface area contributed by atoms with Crippen LogP contribution in [0.2, 0.25) is 0 Å². The van der Waals surface area contributed by atoms with Gasteiger partial charge in [0.1, 0.15) is 10.6 Å². The van der Waals surface area contributed by atoms with E-state index in [1.807, 2.05) is 6.92 Å². The molecule has 1 atom stereocenters. The molecule has 1 aromatic heterocycles. The molecule has 3 rings (SSSR count). The largest absolute Gasteiger partial charge is 0.465 e. The van der Waals surface area contributed by atoms with Crippen molar-refractivity contribution >= 4 is 28.2 Å². The average molecular weight is 372 g/mol. The third-order valence-corrected chi connectivity index (χ3v) is 6.06. The number of hydrogen-bond donors (Lipinski definition) is 1. The number of ether oxygens (including phenoxy) is 1. The van der Waals surface area contributed by atoms with Crippen molar-refractivity contribution in [2.75, 3.05) is 12.4 Å². The average Bonchev–Trinajstić information content (AvgIpc) is 3.45. The van der Waals surface area contributed by atoms with E-state index in [9.17, 15) is 9.59 Å². The van der Waals surface area contributed by atoms with Gasteiger partial charge in [-0.3, -0.25) is 4.79 Å². The van der Waals surface area contributed by atoms with E-state index >= 15 is 0 Å². The lowest BCUT2D eigenvalue weighted by atomic mass is 9.94. The smallest absolute Gasteiger partial charge is 0.341 e. The summed E-state index contributed by atoms with van der Waals surface area (Å²) in [6.45, 7) is 6.35. The Morgan fingerprint density at radius 2 is 1.92 bits per heavy atom. The number of hydrogen-bond acceptors (Lipinski definition) is 4. The Balaban J connectivity index is 2.01. The first-order chi connectivity index (χ1) is 12.5. The minimum Gasteiger partial charge on any atom is -0.465 e. The summed E-state index contributed by atoms with van der Waals surface area (Å²) < 4.78 is 5.01. The molecule has 1 aliphatic carbocycles. The lowest BCUT2D eigenvalue weighted by molar-refractivity contribution is -0.117. The van der Waals surface area contributed by atoms with Gasteiger partial charge in [-0.2, -0.15) is 0 Å². The second kappa shape index (κ2) is 7.62. The molecule has 138 valence electrons. The third kappa shape index (κ3) is 3.68. The molecule has 1 N–H and O–H groups in total. The molecular weight excluding hydrogens is 346 g/mol. The highest BCUT2D eigenvalue weighted by atomic mass is 32.1. The number of anilines is 1. The third-order valence-electron chi connectivity index (χ3n) is 5.04. The van der Waals surface area contributed by atoms with Gasteiger partial charge in [0.05, 0.1) is 7.11 Å². The van der Waals surface area contributed by atoms with Crippen LogP contribution in [0.3, 0.4) is 0 Å². The summed E-state index contributed by atoms with van der Waals surface area (Å²) in [7, 11) is 1.37. The first-order valence-corrected chi connectivity index (χ1v) is 9.90. The molecular formula is C21H25NO3S. The van der Waals surface area contributed by atoms with Crippen LogP contribution in [-0.2, 0) is 9.53 Å². The van der Waals surface area contributed by atoms with Crippen LogP contribution in [0.25, 0.3) is 11.1 Å². The van der Waals surface area contributed by atoms with Crippen molar-refractivity contribution < 1.29 is 14.3 Å². The molecule has 1 fully saturated rings. The van der Waals surface area contributed by atoms with Crippen molar-refractivity contribution in [3.05, 3.63) is 40.3 Å². The number of aryl methyl sites for hydroxylation is 1. The number of thiophene rings is 1. The lowest BCUT2D eigenvalue weighted by Gasteiger charge is -2.11. The van der Waals surface area contributed by atoms with Gasteiger partial charge < -0.3 is 10.1 Å². The van der Waals surface area contributed by atoms with Crippen LogP contribution in [0.15, 0.2) is 24.3 Å². The molecule has 0 saturated heterocycles. The summed E-state index contributed by atoms with van der Waals surface area (Å²) in [5.74, 6) is 0.166. The van der Waals surface area contributed by atoms with Crippen molar-refractivity contribution in [2.45, 2.75) is 46.0 Å². The van der Waals surface area contributed by atoms with Gasteiger partial charge in [-0.15, -0.1) is 11.3 Å². The van der Waals surface area contributed by atoms with Gasteiger partial charge in [-0.25, -0.2) is 4.79 Å². The monoisotopic (exact) mass is 371 g/mol. The Hall–Kier alpha value is -2.14. The number of methoxy groups -OCH3 is 1. The zero-order chi connectivity index (χ0) is 18.8. The summed E-state index contributed by atoms with van der Waals surface area (Å²) in [5, 5.41) is 3.53. The van der Waals surface area contributed by atoms with Crippen LogP contribution >= 0.6 is 11.3 Å². The van der Waals surface area contributed by atoms with Crippen molar-refractivity contribution in [3.8, 4) is 11.1 Å². The maximum Gasteiger partial charge on any atom is 0.341 e. The van der Waals surface area contributed by atoms with Gasteiger partial charge in [0.25, 0.3) is 0 Å². The molecule has 5 heteroatoms. The van der Waals surface area contributed by atoms with Gasteiger partial charge in [0.15, 0.2) is 0 Å². The van der Waals surface area contributed by atoms with E-state index in [-0.39, 0.29) is 11.8 Å². The van der Waals surface area contributed by atoms with E-state index in [2.05, 4.69) is 43.4 Å². The topological polar surface area (TPSA) is 55.4 Å². The first-order valence-electron chi connectivity index (χ1n) is 9.09. The summed E-state index contributed by atoms with van der Waals surface area (Å²) in [4.78, 5) is 25.6. The standard InChI is InChI=1S/C21H25NO3S/c1-5-12(2)14-6-8-15(9-7-14)17-13(3)26-20(18(17)21(24)25-4)22-19(23)16-10-11-16/h6-9,12,16H,5,10-11H2,1-4H3,(H,22,23). The first kappa shape index (κ1) is 18.6. The fourth-order valence-electron chi connectivity index (χ4n) is 3.05. The molecule has 1 heterocycles. The van der Waals surface area contributed by atoms with Crippen LogP contribution in [0.1, 0.15) is 59.8 Å². The van der Waals surface area contributed by atoms with Crippen molar-refractivity contribution in [1.82, 2.24) is 0 Å². The number of carbonyl (C=O) groups excluding carboxylic acids is 2. The number of rotatable bonds is 6. The van der Waals surface area contributed by atoms with Gasteiger partial charge in [0, 0.05) is 16.4 Å². The van der Waals surface area contributed by atoms with E-state index in [1.165, 1.54) is 24.0 Å².